The minimum atomic E-state index is 0.217. The molecule has 0 aliphatic rings. The van der Waals surface area contributed by atoms with Gasteiger partial charge in [0.1, 0.15) is 11.6 Å². The van der Waals surface area contributed by atoms with Crippen LogP contribution in [0.2, 0.25) is 0 Å². The smallest absolute Gasteiger partial charge is 0.149 e. The highest BCUT2D eigenvalue weighted by Gasteiger charge is 1.98. The number of hydrogen-bond donors (Lipinski definition) is 2. The third-order valence-corrected chi connectivity index (χ3v) is 2.70. The number of benzene rings is 1. The normalized spacial score (nSPS) is 11.4. The molecule has 82 valence electrons. The predicted molar refractivity (Wildman–Crippen MR) is 61.7 cm³/mol. The Hall–Kier alpha value is -1.36. The number of nitrogens with two attached hydrogens (primary N) is 1. The fraction of sp³-hybridized carbons (Fsp3) is 0.300. The second kappa shape index (κ2) is 6.19. The molecule has 0 bridgehead atoms. The first-order valence-electron chi connectivity index (χ1n) is 4.58. The summed E-state index contributed by atoms with van der Waals surface area (Å²) in [5, 5.41) is 11.3. The fourth-order valence-electron chi connectivity index (χ4n) is 0.985. The van der Waals surface area contributed by atoms with Crippen LogP contribution >= 0.6 is 11.8 Å². The number of oxime groups is 1. The molecule has 0 fully saturated rings. The van der Waals surface area contributed by atoms with Gasteiger partial charge in [0, 0.05) is 4.90 Å². The van der Waals surface area contributed by atoms with Gasteiger partial charge in [0.2, 0.25) is 0 Å². The first-order valence-corrected chi connectivity index (χ1v) is 5.57. The van der Waals surface area contributed by atoms with Crippen LogP contribution in [-0.2, 0) is 0 Å². The van der Waals surface area contributed by atoms with Crippen molar-refractivity contribution in [3.8, 4) is 5.75 Å². The van der Waals surface area contributed by atoms with Gasteiger partial charge in [0.15, 0.2) is 0 Å². The first-order chi connectivity index (χ1) is 7.26. The Balaban J connectivity index is 2.49. The molecule has 0 radical (unpaired) electrons. The topological polar surface area (TPSA) is 67.8 Å². The molecule has 15 heavy (non-hydrogen) atoms. The molecule has 1 rings (SSSR count). The lowest BCUT2D eigenvalue weighted by Gasteiger charge is -2.04. The average molecular weight is 226 g/mol. The maximum atomic E-state index is 8.36. The fourth-order valence-corrected chi connectivity index (χ4v) is 1.69. The largest absolute Gasteiger partial charge is 0.494 e. The Morgan fingerprint density at radius 3 is 2.67 bits per heavy atom. The molecule has 0 spiro atoms. The number of ether oxygens (including phenoxy) is 1. The van der Waals surface area contributed by atoms with Crippen molar-refractivity contribution in [2.75, 3.05) is 12.4 Å². The van der Waals surface area contributed by atoms with Crippen LogP contribution in [0.15, 0.2) is 34.3 Å². The Morgan fingerprint density at radius 2 is 2.13 bits per heavy atom. The SMILES string of the molecule is CCOc1ccc(SC/C(N)=N\O)cc1. The summed E-state index contributed by atoms with van der Waals surface area (Å²) < 4.78 is 5.31. The average Bonchev–Trinajstić information content (AvgIpc) is 2.28. The van der Waals surface area contributed by atoms with Crippen LogP contribution in [0.3, 0.4) is 0 Å². The highest BCUT2D eigenvalue weighted by Crippen LogP contribution is 2.21. The minimum absolute atomic E-state index is 0.217. The van der Waals surface area contributed by atoms with Crippen molar-refractivity contribution >= 4 is 17.6 Å². The number of amidine groups is 1. The van der Waals surface area contributed by atoms with Crippen LogP contribution in [-0.4, -0.2) is 23.4 Å². The quantitative estimate of drug-likeness (QED) is 0.265. The van der Waals surface area contributed by atoms with Gasteiger partial charge in [-0.1, -0.05) is 5.16 Å². The Morgan fingerprint density at radius 1 is 1.47 bits per heavy atom. The molecule has 0 aliphatic carbocycles. The van der Waals surface area contributed by atoms with Crippen LogP contribution < -0.4 is 10.5 Å². The van der Waals surface area contributed by atoms with Gasteiger partial charge in [-0.05, 0) is 31.2 Å². The molecular formula is C10H14N2O2S. The third-order valence-electron chi connectivity index (χ3n) is 1.65. The van der Waals surface area contributed by atoms with Crippen LogP contribution in [0.25, 0.3) is 0 Å². The molecule has 0 saturated carbocycles. The summed E-state index contributed by atoms with van der Waals surface area (Å²) in [6.45, 7) is 2.61. The van der Waals surface area contributed by atoms with Crippen molar-refractivity contribution < 1.29 is 9.94 Å². The van der Waals surface area contributed by atoms with Crippen molar-refractivity contribution in [1.29, 1.82) is 0 Å². The Bertz CT molecular complexity index is 325. The van der Waals surface area contributed by atoms with Crippen LogP contribution in [0.1, 0.15) is 6.92 Å². The molecular weight excluding hydrogens is 212 g/mol. The van der Waals surface area contributed by atoms with Crippen molar-refractivity contribution in [3.63, 3.8) is 0 Å². The van der Waals surface area contributed by atoms with E-state index in [9.17, 15) is 0 Å². The minimum Gasteiger partial charge on any atom is -0.494 e. The number of rotatable bonds is 5. The second-order valence-electron chi connectivity index (χ2n) is 2.78. The molecule has 0 saturated heterocycles. The zero-order chi connectivity index (χ0) is 11.1. The number of hydrogen-bond acceptors (Lipinski definition) is 4. The molecule has 0 atom stereocenters. The number of nitrogens with zero attached hydrogens (tertiary/aromatic N) is 1. The summed E-state index contributed by atoms with van der Waals surface area (Å²) in [4.78, 5) is 1.06. The zero-order valence-electron chi connectivity index (χ0n) is 8.51. The summed E-state index contributed by atoms with van der Waals surface area (Å²) >= 11 is 1.51. The van der Waals surface area contributed by atoms with Crippen LogP contribution in [0, 0.1) is 0 Å². The molecule has 0 heterocycles. The van der Waals surface area contributed by atoms with Gasteiger partial charge in [-0.15, -0.1) is 11.8 Å². The van der Waals surface area contributed by atoms with E-state index >= 15 is 0 Å². The summed E-state index contributed by atoms with van der Waals surface area (Å²) in [5.74, 6) is 1.55. The van der Waals surface area contributed by atoms with E-state index in [-0.39, 0.29) is 5.84 Å². The second-order valence-corrected chi connectivity index (χ2v) is 3.83. The summed E-state index contributed by atoms with van der Waals surface area (Å²) in [5.41, 5.74) is 5.35. The highest BCUT2D eigenvalue weighted by molar-refractivity contribution is 8.00. The molecule has 0 unspecified atom stereocenters. The maximum Gasteiger partial charge on any atom is 0.149 e. The van der Waals surface area contributed by atoms with E-state index in [1.807, 2.05) is 31.2 Å². The molecule has 1 aromatic rings. The lowest BCUT2D eigenvalue weighted by atomic mass is 10.3. The molecule has 1 aromatic carbocycles. The van der Waals surface area contributed by atoms with Crippen molar-refractivity contribution in [2.24, 2.45) is 10.9 Å². The maximum absolute atomic E-state index is 8.36. The van der Waals surface area contributed by atoms with Gasteiger partial charge in [-0.2, -0.15) is 0 Å². The summed E-state index contributed by atoms with van der Waals surface area (Å²) in [6.07, 6.45) is 0. The Labute approximate surface area is 93.1 Å². The third kappa shape index (κ3) is 4.12. The van der Waals surface area contributed by atoms with E-state index in [1.165, 1.54) is 11.8 Å². The highest BCUT2D eigenvalue weighted by atomic mass is 32.2. The van der Waals surface area contributed by atoms with E-state index in [2.05, 4.69) is 5.16 Å². The molecule has 4 nitrogen and oxygen atoms in total. The molecule has 5 heteroatoms. The van der Waals surface area contributed by atoms with Crippen molar-refractivity contribution in [3.05, 3.63) is 24.3 Å². The van der Waals surface area contributed by atoms with Gasteiger partial charge < -0.3 is 15.7 Å². The van der Waals surface area contributed by atoms with Crippen molar-refractivity contribution in [2.45, 2.75) is 11.8 Å². The van der Waals surface area contributed by atoms with E-state index in [4.69, 9.17) is 15.7 Å². The lowest BCUT2D eigenvalue weighted by molar-refractivity contribution is 0.318. The zero-order valence-corrected chi connectivity index (χ0v) is 9.33. The van der Waals surface area contributed by atoms with E-state index in [1.54, 1.807) is 0 Å². The van der Waals surface area contributed by atoms with E-state index in [0.29, 0.717) is 12.4 Å². The van der Waals surface area contributed by atoms with Crippen LogP contribution in [0.4, 0.5) is 0 Å². The molecule has 0 amide bonds. The van der Waals surface area contributed by atoms with Gasteiger partial charge in [0.05, 0.1) is 12.4 Å². The molecule has 3 N–H and O–H groups in total. The summed E-state index contributed by atoms with van der Waals surface area (Å²) in [6, 6.07) is 7.69. The van der Waals surface area contributed by atoms with E-state index < -0.39 is 0 Å². The van der Waals surface area contributed by atoms with Gasteiger partial charge >= 0.3 is 0 Å². The monoisotopic (exact) mass is 226 g/mol. The Kier molecular flexibility index (Phi) is 4.83. The predicted octanol–water partition coefficient (Wildman–Crippen LogP) is 1.92. The van der Waals surface area contributed by atoms with Gasteiger partial charge in [-0.25, -0.2) is 0 Å². The standard InChI is InChI=1S/C10H14N2O2S/c1-2-14-8-3-5-9(6-4-8)15-7-10(11)12-13/h3-6,13H,2,7H2,1H3,(H2,11,12). The van der Waals surface area contributed by atoms with E-state index in [0.717, 1.165) is 10.6 Å². The van der Waals surface area contributed by atoms with Crippen molar-refractivity contribution in [1.82, 2.24) is 0 Å². The van der Waals surface area contributed by atoms with Gasteiger partial charge in [0.25, 0.3) is 0 Å². The first kappa shape index (κ1) is 11.7. The summed E-state index contributed by atoms with van der Waals surface area (Å²) in [7, 11) is 0. The molecule has 0 aliphatic heterocycles. The molecule has 0 aromatic heterocycles. The number of thioether (sulfide) groups is 1. The lowest BCUT2D eigenvalue weighted by Crippen LogP contribution is -2.13. The van der Waals surface area contributed by atoms with Crippen LogP contribution in [0.5, 0.6) is 5.75 Å². The van der Waals surface area contributed by atoms with Gasteiger partial charge in [-0.3, -0.25) is 0 Å².